The largest absolute Gasteiger partial charge is 0.480 e. The van der Waals surface area contributed by atoms with Crippen LogP contribution >= 0.6 is 0 Å². The molecule has 5 unspecified atom stereocenters. The minimum absolute atomic E-state index is 0.0149. The number of H-pyrrole nitrogens is 1. The lowest BCUT2D eigenvalue weighted by atomic mass is 10.0. The van der Waals surface area contributed by atoms with Crippen molar-refractivity contribution in [3.63, 3.8) is 0 Å². The predicted octanol–water partition coefficient (Wildman–Crippen LogP) is -1.10. The fourth-order valence-electron chi connectivity index (χ4n) is 3.12. The van der Waals surface area contributed by atoms with Crippen molar-refractivity contribution in [1.82, 2.24) is 25.9 Å². The van der Waals surface area contributed by atoms with Crippen LogP contribution in [0.25, 0.3) is 0 Å². The second kappa shape index (κ2) is 12.9. The van der Waals surface area contributed by atoms with E-state index in [1.807, 2.05) is 13.8 Å². The van der Waals surface area contributed by atoms with Crippen molar-refractivity contribution in [2.24, 2.45) is 17.6 Å². The van der Waals surface area contributed by atoms with E-state index < -0.39 is 59.9 Å². The quantitative estimate of drug-likeness (QED) is 0.189. The van der Waals surface area contributed by atoms with Crippen molar-refractivity contribution in [2.75, 3.05) is 0 Å². The summed E-state index contributed by atoms with van der Waals surface area (Å²) in [6.45, 7) is 8.25. The molecule has 0 aromatic carbocycles. The van der Waals surface area contributed by atoms with Crippen LogP contribution in [0.2, 0.25) is 0 Å². The van der Waals surface area contributed by atoms with E-state index in [4.69, 9.17) is 5.73 Å². The molecule has 3 amide bonds. The lowest BCUT2D eigenvalue weighted by molar-refractivity contribution is -0.144. The van der Waals surface area contributed by atoms with Crippen LogP contribution < -0.4 is 21.7 Å². The minimum Gasteiger partial charge on any atom is -0.480 e. The number of amides is 3. The van der Waals surface area contributed by atoms with Crippen LogP contribution in [-0.2, 0) is 25.6 Å². The Kier molecular flexibility index (Phi) is 11.0. The van der Waals surface area contributed by atoms with Crippen molar-refractivity contribution in [3.05, 3.63) is 18.2 Å². The van der Waals surface area contributed by atoms with Gasteiger partial charge in [0.15, 0.2) is 0 Å². The van der Waals surface area contributed by atoms with Gasteiger partial charge in [0, 0.05) is 18.3 Å². The molecule has 8 N–H and O–H groups in total. The molecule has 12 heteroatoms. The molecule has 1 heterocycles. The minimum atomic E-state index is -1.41. The molecule has 0 radical (unpaired) electrons. The van der Waals surface area contributed by atoms with Gasteiger partial charge in [-0.05, 0) is 25.2 Å². The summed E-state index contributed by atoms with van der Waals surface area (Å²) in [7, 11) is 0. The lowest BCUT2D eigenvalue weighted by Crippen LogP contribution is -2.60. The van der Waals surface area contributed by atoms with E-state index in [1.54, 1.807) is 20.0 Å². The molecular weight excluding hydrogens is 432 g/mol. The molecule has 0 fully saturated rings. The van der Waals surface area contributed by atoms with E-state index in [1.165, 1.54) is 13.3 Å². The van der Waals surface area contributed by atoms with Crippen LogP contribution in [0, 0.1) is 11.8 Å². The van der Waals surface area contributed by atoms with Gasteiger partial charge < -0.3 is 36.9 Å². The zero-order valence-electron chi connectivity index (χ0n) is 19.7. The summed E-state index contributed by atoms with van der Waals surface area (Å²) < 4.78 is 0. The number of aromatic nitrogens is 2. The van der Waals surface area contributed by atoms with Gasteiger partial charge in [0.2, 0.25) is 17.7 Å². The third-order valence-electron chi connectivity index (χ3n) is 4.96. The van der Waals surface area contributed by atoms with Crippen LogP contribution in [0.5, 0.6) is 0 Å². The summed E-state index contributed by atoms with van der Waals surface area (Å²) in [6, 6.07) is -4.56. The van der Waals surface area contributed by atoms with Gasteiger partial charge in [-0.2, -0.15) is 0 Å². The predicted molar refractivity (Wildman–Crippen MR) is 120 cm³/mol. The Morgan fingerprint density at radius 1 is 1.00 bits per heavy atom. The maximum Gasteiger partial charge on any atom is 0.326 e. The Hall–Kier alpha value is -2.99. The number of nitrogens with one attached hydrogen (secondary N) is 4. The summed E-state index contributed by atoms with van der Waals surface area (Å²) in [5.41, 5.74) is 6.60. The second-order valence-electron chi connectivity index (χ2n) is 8.87. The molecule has 5 atom stereocenters. The number of hydrogen-bond acceptors (Lipinski definition) is 7. The number of hydrogen-bond donors (Lipinski definition) is 7. The van der Waals surface area contributed by atoms with E-state index in [0.29, 0.717) is 5.69 Å². The van der Waals surface area contributed by atoms with Crippen molar-refractivity contribution in [1.29, 1.82) is 0 Å². The maximum atomic E-state index is 12.9. The van der Waals surface area contributed by atoms with Crippen LogP contribution in [0.3, 0.4) is 0 Å². The lowest BCUT2D eigenvalue weighted by Gasteiger charge is -2.27. The monoisotopic (exact) mass is 468 g/mol. The van der Waals surface area contributed by atoms with Gasteiger partial charge in [0.1, 0.15) is 18.1 Å². The molecule has 1 aromatic rings. The maximum absolute atomic E-state index is 12.9. The molecule has 0 aliphatic rings. The normalized spacial score (nSPS) is 15.9. The number of aromatic amines is 1. The smallest absolute Gasteiger partial charge is 0.326 e. The summed E-state index contributed by atoms with van der Waals surface area (Å²) in [6.07, 6.45) is 2.13. The highest BCUT2D eigenvalue weighted by Crippen LogP contribution is 2.08. The topological polar surface area (TPSA) is 200 Å². The summed E-state index contributed by atoms with van der Waals surface area (Å²) >= 11 is 0. The standard InChI is InChI=1S/C21H36N6O6/c1-10(2)6-15(25-18(29)14(22)7-13-8-23-9-24-13)19(30)27-17(12(5)28)20(31)26-16(11(3)4)21(32)33/h8-12,14-17,28H,6-7,22H2,1-5H3,(H,23,24)(H,25,29)(H,26,31)(H,27,30)(H,32,33). The Morgan fingerprint density at radius 3 is 2.06 bits per heavy atom. The third kappa shape index (κ3) is 9.18. The number of aliphatic carboxylic acids is 1. The van der Waals surface area contributed by atoms with E-state index in [9.17, 15) is 29.4 Å². The van der Waals surface area contributed by atoms with Gasteiger partial charge >= 0.3 is 5.97 Å². The summed E-state index contributed by atoms with van der Waals surface area (Å²) in [5.74, 6) is -3.73. The van der Waals surface area contributed by atoms with Crippen LogP contribution in [0.15, 0.2) is 12.5 Å². The SMILES string of the molecule is CC(C)CC(NC(=O)C(N)Cc1cnc[nH]1)C(=O)NC(C(=O)NC(C(=O)O)C(C)C)C(C)O. The average molecular weight is 469 g/mol. The number of carboxylic acids is 1. The van der Waals surface area contributed by atoms with Gasteiger partial charge in [0.05, 0.1) is 18.5 Å². The molecule has 0 aliphatic carbocycles. The first-order valence-corrected chi connectivity index (χ1v) is 10.9. The Morgan fingerprint density at radius 2 is 1.61 bits per heavy atom. The highest BCUT2D eigenvalue weighted by molar-refractivity contribution is 5.94. The fourth-order valence-corrected chi connectivity index (χ4v) is 3.12. The van der Waals surface area contributed by atoms with E-state index in [-0.39, 0.29) is 18.8 Å². The van der Waals surface area contributed by atoms with Crippen molar-refractivity contribution >= 4 is 23.7 Å². The molecule has 1 rings (SSSR count). The summed E-state index contributed by atoms with van der Waals surface area (Å²) in [4.78, 5) is 56.2. The number of carbonyl (C=O) groups excluding carboxylic acids is 3. The number of aliphatic hydroxyl groups excluding tert-OH is 1. The highest BCUT2D eigenvalue weighted by Gasteiger charge is 2.33. The summed E-state index contributed by atoms with van der Waals surface area (Å²) in [5, 5.41) is 26.7. The molecule has 0 saturated heterocycles. The number of imidazole rings is 1. The van der Waals surface area contributed by atoms with E-state index in [0.717, 1.165) is 0 Å². The molecule has 0 spiro atoms. The van der Waals surface area contributed by atoms with Crippen LogP contribution in [0.1, 0.15) is 46.7 Å². The number of carbonyl (C=O) groups is 4. The Balaban J connectivity index is 2.91. The number of nitrogens with two attached hydrogens (primary N) is 1. The van der Waals surface area contributed by atoms with E-state index >= 15 is 0 Å². The van der Waals surface area contributed by atoms with E-state index in [2.05, 4.69) is 25.9 Å². The molecule has 0 aliphatic heterocycles. The number of carboxylic acid groups (broad SMARTS) is 1. The number of rotatable bonds is 13. The van der Waals surface area contributed by atoms with Gasteiger partial charge in [-0.25, -0.2) is 9.78 Å². The Labute approximate surface area is 193 Å². The fraction of sp³-hybridized carbons (Fsp3) is 0.667. The molecule has 12 nitrogen and oxygen atoms in total. The number of aliphatic hydroxyl groups is 1. The Bertz CT molecular complexity index is 795. The second-order valence-corrected chi connectivity index (χ2v) is 8.87. The third-order valence-corrected chi connectivity index (χ3v) is 4.96. The van der Waals surface area contributed by atoms with Gasteiger partial charge in [-0.15, -0.1) is 0 Å². The van der Waals surface area contributed by atoms with Gasteiger partial charge in [-0.1, -0.05) is 27.7 Å². The van der Waals surface area contributed by atoms with Gasteiger partial charge in [0.25, 0.3) is 0 Å². The average Bonchev–Trinajstić information content (AvgIpc) is 3.21. The van der Waals surface area contributed by atoms with Crippen molar-refractivity contribution in [3.8, 4) is 0 Å². The highest BCUT2D eigenvalue weighted by atomic mass is 16.4. The van der Waals surface area contributed by atoms with Crippen LogP contribution in [-0.4, -0.2) is 74.1 Å². The van der Waals surface area contributed by atoms with Crippen molar-refractivity contribution < 1.29 is 29.4 Å². The molecule has 33 heavy (non-hydrogen) atoms. The zero-order chi connectivity index (χ0) is 25.3. The van der Waals surface area contributed by atoms with Crippen molar-refractivity contribution in [2.45, 2.75) is 77.7 Å². The first-order chi connectivity index (χ1) is 15.3. The van der Waals surface area contributed by atoms with Crippen LogP contribution in [0.4, 0.5) is 0 Å². The molecule has 0 bridgehead atoms. The number of nitrogens with zero attached hydrogens (tertiary/aromatic N) is 1. The molecule has 0 saturated carbocycles. The first-order valence-electron chi connectivity index (χ1n) is 10.9. The molecular formula is C21H36N6O6. The zero-order valence-corrected chi connectivity index (χ0v) is 19.7. The first kappa shape index (κ1) is 28.0. The van der Waals surface area contributed by atoms with Gasteiger partial charge in [-0.3, -0.25) is 14.4 Å². The molecule has 186 valence electrons. The molecule has 1 aromatic heterocycles.